The topological polar surface area (TPSA) is 31.4 Å². The van der Waals surface area contributed by atoms with Crippen LogP contribution in [0.5, 0.6) is 11.5 Å². The molecule has 0 aliphatic rings. The van der Waals surface area contributed by atoms with Gasteiger partial charge in [0.15, 0.2) is 0 Å². The predicted octanol–water partition coefficient (Wildman–Crippen LogP) is 7.80. The first-order valence-corrected chi connectivity index (χ1v) is 11.4. The van der Waals surface area contributed by atoms with E-state index in [2.05, 4.69) is 55.5 Å². The standard InChI is InChI=1S/C28H31NO2/c1-3-4-5-6-7-8-17-31-26-13-11-21-18-23(10-9-22(21)19-26)27-15-12-24-20-25(30-2)14-16-28(24)29-27/h9-16,18-20H,3-8,17H2,1-2H3. The van der Waals surface area contributed by atoms with E-state index in [0.717, 1.165) is 46.7 Å². The van der Waals surface area contributed by atoms with E-state index in [1.54, 1.807) is 7.11 Å². The lowest BCUT2D eigenvalue weighted by atomic mass is 10.0. The van der Waals surface area contributed by atoms with Gasteiger partial charge in [-0.3, -0.25) is 0 Å². The number of hydrogen-bond donors (Lipinski definition) is 0. The Hall–Kier alpha value is -3.07. The fourth-order valence-corrected chi connectivity index (χ4v) is 3.94. The first-order valence-electron chi connectivity index (χ1n) is 11.4. The monoisotopic (exact) mass is 413 g/mol. The third-order valence-corrected chi connectivity index (χ3v) is 5.77. The number of unbranched alkanes of at least 4 members (excludes halogenated alkanes) is 5. The molecule has 1 heterocycles. The summed E-state index contributed by atoms with van der Waals surface area (Å²) in [6.45, 7) is 3.04. The van der Waals surface area contributed by atoms with E-state index in [-0.39, 0.29) is 0 Å². The highest BCUT2D eigenvalue weighted by atomic mass is 16.5. The molecule has 31 heavy (non-hydrogen) atoms. The fourth-order valence-electron chi connectivity index (χ4n) is 3.94. The Morgan fingerprint density at radius 1 is 0.677 bits per heavy atom. The van der Waals surface area contributed by atoms with Crippen LogP contribution in [0.4, 0.5) is 0 Å². The third kappa shape index (κ3) is 5.35. The summed E-state index contributed by atoms with van der Waals surface area (Å²) in [6, 6.07) is 23.0. The van der Waals surface area contributed by atoms with Crippen LogP contribution < -0.4 is 9.47 Å². The Kier molecular flexibility index (Phi) is 7.03. The third-order valence-electron chi connectivity index (χ3n) is 5.77. The minimum atomic E-state index is 0.793. The highest BCUT2D eigenvalue weighted by molar-refractivity contribution is 5.89. The highest BCUT2D eigenvalue weighted by Crippen LogP contribution is 2.28. The van der Waals surface area contributed by atoms with Crippen molar-refractivity contribution in [3.05, 3.63) is 66.7 Å². The van der Waals surface area contributed by atoms with Crippen molar-refractivity contribution < 1.29 is 9.47 Å². The van der Waals surface area contributed by atoms with Gasteiger partial charge >= 0.3 is 0 Å². The summed E-state index contributed by atoms with van der Waals surface area (Å²) in [7, 11) is 1.68. The van der Waals surface area contributed by atoms with Crippen LogP contribution in [0.15, 0.2) is 66.7 Å². The molecule has 0 aliphatic heterocycles. The van der Waals surface area contributed by atoms with Gasteiger partial charge in [0.25, 0.3) is 0 Å². The molecular formula is C28H31NO2. The molecule has 0 atom stereocenters. The van der Waals surface area contributed by atoms with Gasteiger partial charge in [-0.2, -0.15) is 0 Å². The summed E-state index contributed by atoms with van der Waals surface area (Å²) < 4.78 is 11.3. The summed E-state index contributed by atoms with van der Waals surface area (Å²) in [5, 5.41) is 3.46. The van der Waals surface area contributed by atoms with E-state index in [1.807, 2.05) is 18.2 Å². The van der Waals surface area contributed by atoms with Crippen LogP contribution in [0.1, 0.15) is 45.4 Å². The van der Waals surface area contributed by atoms with Crippen LogP contribution in [-0.2, 0) is 0 Å². The van der Waals surface area contributed by atoms with Crippen LogP contribution >= 0.6 is 0 Å². The zero-order valence-corrected chi connectivity index (χ0v) is 18.6. The van der Waals surface area contributed by atoms with Crippen molar-refractivity contribution in [2.45, 2.75) is 45.4 Å². The molecule has 3 heteroatoms. The van der Waals surface area contributed by atoms with Gasteiger partial charge in [-0.1, -0.05) is 63.3 Å². The summed E-state index contributed by atoms with van der Waals surface area (Å²) in [5.74, 6) is 1.80. The first-order chi connectivity index (χ1) is 15.3. The summed E-state index contributed by atoms with van der Waals surface area (Å²) >= 11 is 0. The lowest BCUT2D eigenvalue weighted by Crippen LogP contribution is -1.97. The predicted molar refractivity (Wildman–Crippen MR) is 130 cm³/mol. The maximum Gasteiger partial charge on any atom is 0.119 e. The second-order valence-electron chi connectivity index (χ2n) is 8.10. The largest absolute Gasteiger partial charge is 0.497 e. The molecule has 0 spiro atoms. The molecule has 0 bridgehead atoms. The SMILES string of the molecule is CCCCCCCCOc1ccc2cc(-c3ccc4cc(OC)ccc4n3)ccc2c1. The molecular weight excluding hydrogens is 382 g/mol. The minimum Gasteiger partial charge on any atom is -0.497 e. The molecule has 0 radical (unpaired) electrons. The van der Waals surface area contributed by atoms with Crippen molar-refractivity contribution in [1.82, 2.24) is 4.98 Å². The van der Waals surface area contributed by atoms with E-state index in [1.165, 1.54) is 42.9 Å². The zero-order valence-electron chi connectivity index (χ0n) is 18.6. The van der Waals surface area contributed by atoms with Gasteiger partial charge in [0.1, 0.15) is 11.5 Å². The fraction of sp³-hybridized carbons (Fsp3) is 0.321. The normalized spacial score (nSPS) is 11.2. The molecule has 0 aliphatic carbocycles. The van der Waals surface area contributed by atoms with Crippen LogP contribution in [0.3, 0.4) is 0 Å². The van der Waals surface area contributed by atoms with Crippen LogP contribution in [0.25, 0.3) is 32.9 Å². The Morgan fingerprint density at radius 2 is 1.39 bits per heavy atom. The smallest absolute Gasteiger partial charge is 0.119 e. The molecule has 3 nitrogen and oxygen atoms in total. The van der Waals surface area contributed by atoms with E-state index in [9.17, 15) is 0 Å². The van der Waals surface area contributed by atoms with E-state index in [4.69, 9.17) is 14.5 Å². The van der Waals surface area contributed by atoms with Crippen molar-refractivity contribution in [3.63, 3.8) is 0 Å². The van der Waals surface area contributed by atoms with E-state index in [0.29, 0.717) is 0 Å². The van der Waals surface area contributed by atoms with Gasteiger partial charge in [-0.25, -0.2) is 4.98 Å². The Labute approximate surface area is 185 Å². The molecule has 160 valence electrons. The van der Waals surface area contributed by atoms with Gasteiger partial charge in [-0.05, 0) is 59.7 Å². The average molecular weight is 414 g/mol. The van der Waals surface area contributed by atoms with Crippen LogP contribution in [0.2, 0.25) is 0 Å². The Morgan fingerprint density at radius 3 is 2.26 bits per heavy atom. The van der Waals surface area contributed by atoms with Gasteiger partial charge in [0, 0.05) is 10.9 Å². The van der Waals surface area contributed by atoms with Crippen molar-refractivity contribution in [2.75, 3.05) is 13.7 Å². The molecule has 4 aromatic rings. The molecule has 0 amide bonds. The zero-order chi connectivity index (χ0) is 21.5. The van der Waals surface area contributed by atoms with Gasteiger partial charge in [0.05, 0.1) is 24.9 Å². The second kappa shape index (κ2) is 10.3. The quantitative estimate of drug-likeness (QED) is 0.248. The van der Waals surface area contributed by atoms with Crippen molar-refractivity contribution in [3.8, 4) is 22.8 Å². The second-order valence-corrected chi connectivity index (χ2v) is 8.10. The minimum absolute atomic E-state index is 0.793. The summed E-state index contributed by atoms with van der Waals surface area (Å²) in [4.78, 5) is 4.84. The maximum atomic E-state index is 5.98. The highest BCUT2D eigenvalue weighted by Gasteiger charge is 2.05. The van der Waals surface area contributed by atoms with Crippen molar-refractivity contribution in [1.29, 1.82) is 0 Å². The number of rotatable bonds is 10. The lowest BCUT2D eigenvalue weighted by molar-refractivity contribution is 0.305. The number of methoxy groups -OCH3 is 1. The van der Waals surface area contributed by atoms with Crippen molar-refractivity contribution >= 4 is 21.7 Å². The van der Waals surface area contributed by atoms with Gasteiger partial charge < -0.3 is 9.47 Å². The van der Waals surface area contributed by atoms with Gasteiger partial charge in [0.2, 0.25) is 0 Å². The van der Waals surface area contributed by atoms with E-state index < -0.39 is 0 Å². The maximum absolute atomic E-state index is 5.98. The number of aromatic nitrogens is 1. The number of ether oxygens (including phenoxy) is 2. The Balaban J connectivity index is 1.44. The molecule has 4 rings (SSSR count). The summed E-state index contributed by atoms with van der Waals surface area (Å²) in [6.07, 6.45) is 7.67. The molecule has 0 saturated carbocycles. The number of benzene rings is 3. The number of nitrogens with zero attached hydrogens (tertiary/aromatic N) is 1. The molecule has 0 saturated heterocycles. The van der Waals surface area contributed by atoms with Crippen LogP contribution in [-0.4, -0.2) is 18.7 Å². The molecule has 0 fully saturated rings. The molecule has 3 aromatic carbocycles. The Bertz CT molecular complexity index is 1150. The van der Waals surface area contributed by atoms with E-state index >= 15 is 0 Å². The van der Waals surface area contributed by atoms with Crippen molar-refractivity contribution in [2.24, 2.45) is 0 Å². The average Bonchev–Trinajstić information content (AvgIpc) is 2.82. The van der Waals surface area contributed by atoms with Gasteiger partial charge in [-0.15, -0.1) is 0 Å². The van der Waals surface area contributed by atoms with Crippen LogP contribution in [0, 0.1) is 0 Å². The molecule has 1 aromatic heterocycles. The molecule has 0 unspecified atom stereocenters. The lowest BCUT2D eigenvalue weighted by Gasteiger charge is -2.09. The number of fused-ring (bicyclic) bond motifs is 2. The summed E-state index contributed by atoms with van der Waals surface area (Å²) in [5.41, 5.74) is 3.06. The molecule has 0 N–H and O–H groups in total. The first kappa shape index (κ1) is 21.2. The number of hydrogen-bond acceptors (Lipinski definition) is 3. The number of pyridine rings is 1.